The number of fused-ring (bicyclic) bond motifs is 1. The highest BCUT2D eigenvalue weighted by molar-refractivity contribution is 5.71. The number of nitrogens with zero attached hydrogens (tertiary/aromatic N) is 3. The molecular weight excluding hydrogens is 461 g/mol. The first-order chi connectivity index (χ1) is 17.4. The molecule has 0 saturated heterocycles. The summed E-state index contributed by atoms with van der Waals surface area (Å²) in [5, 5.41) is 9.63. The van der Waals surface area contributed by atoms with Crippen molar-refractivity contribution >= 4 is 5.97 Å². The van der Waals surface area contributed by atoms with Gasteiger partial charge in [-0.3, -0.25) is 9.78 Å². The van der Waals surface area contributed by atoms with Crippen LogP contribution in [0.2, 0.25) is 0 Å². The maximum absolute atomic E-state index is 14.5. The van der Waals surface area contributed by atoms with Gasteiger partial charge in [-0.2, -0.15) is 0 Å². The van der Waals surface area contributed by atoms with E-state index in [0.717, 1.165) is 48.8 Å². The molecule has 2 aliphatic rings. The molecule has 7 nitrogen and oxygen atoms in total. The first kappa shape index (κ1) is 24.2. The average molecular weight is 492 g/mol. The van der Waals surface area contributed by atoms with Crippen molar-refractivity contribution in [3.8, 4) is 22.9 Å². The number of aliphatic carboxylic acids is 1. The zero-order chi connectivity index (χ0) is 25.4. The molecule has 2 aromatic heterocycles. The minimum atomic E-state index is -0.770. The zero-order valence-corrected chi connectivity index (χ0v) is 20.7. The van der Waals surface area contributed by atoms with Crippen molar-refractivity contribution in [1.29, 1.82) is 0 Å². The summed E-state index contributed by atoms with van der Waals surface area (Å²) in [6.45, 7) is 5.91. The number of pyridine rings is 1. The molecule has 3 aromatic rings. The van der Waals surface area contributed by atoms with Crippen LogP contribution in [-0.4, -0.2) is 32.6 Å². The van der Waals surface area contributed by atoms with Crippen LogP contribution >= 0.6 is 0 Å². The van der Waals surface area contributed by atoms with Crippen molar-refractivity contribution in [2.75, 3.05) is 6.61 Å². The van der Waals surface area contributed by atoms with Crippen molar-refractivity contribution in [2.45, 2.75) is 58.5 Å². The summed E-state index contributed by atoms with van der Waals surface area (Å²) in [5.41, 5.74) is 4.20. The number of aromatic nitrogens is 3. The number of carbonyl (C=O) groups is 1. The van der Waals surface area contributed by atoms with E-state index in [9.17, 15) is 14.3 Å². The highest BCUT2D eigenvalue weighted by Crippen LogP contribution is 2.48. The monoisotopic (exact) mass is 491 g/mol. The van der Waals surface area contributed by atoms with Gasteiger partial charge in [0.05, 0.1) is 36.3 Å². The fourth-order valence-corrected chi connectivity index (χ4v) is 5.14. The summed E-state index contributed by atoms with van der Waals surface area (Å²) in [4.78, 5) is 24.9. The van der Waals surface area contributed by atoms with Gasteiger partial charge in [0.2, 0.25) is 5.88 Å². The average Bonchev–Trinajstić information content (AvgIpc) is 3.70. The van der Waals surface area contributed by atoms with Crippen LogP contribution in [0, 0.1) is 24.6 Å². The normalized spacial score (nSPS) is 18.6. The number of carboxylic acids is 1. The second kappa shape index (κ2) is 9.84. The second-order valence-corrected chi connectivity index (χ2v) is 9.66. The molecule has 2 unspecified atom stereocenters. The minimum Gasteiger partial charge on any atom is -0.484 e. The Bertz CT molecular complexity index is 1290. The Balaban J connectivity index is 1.40. The molecule has 1 N–H and O–H groups in total. The van der Waals surface area contributed by atoms with Gasteiger partial charge in [0.15, 0.2) is 5.82 Å². The number of hydrogen-bond donors (Lipinski definition) is 1. The van der Waals surface area contributed by atoms with E-state index in [4.69, 9.17) is 9.47 Å². The smallest absolute Gasteiger partial charge is 0.306 e. The molecule has 0 bridgehead atoms. The molecule has 0 amide bonds. The standard InChI is InChI=1S/C28H30FN3O4/c1-4-35-25-12-20(21(29)13-30-25)22-14-31-27(16(3)32-22)23-10-9-17-5-8-19(11-24(17)36-23)26(18-6-7-18)15(2)28(33)34/h5,8,11-15,18,23,26H,4,6-7,9-10H2,1-3H3,(H,33,34)/t15-,23?,26?/m0/s1. The van der Waals surface area contributed by atoms with Crippen LogP contribution in [0.5, 0.6) is 11.6 Å². The molecule has 8 heteroatoms. The van der Waals surface area contributed by atoms with E-state index < -0.39 is 17.7 Å². The molecule has 1 aliphatic carbocycles. The van der Waals surface area contributed by atoms with Gasteiger partial charge in [-0.1, -0.05) is 19.1 Å². The Hall–Kier alpha value is -3.55. The van der Waals surface area contributed by atoms with Gasteiger partial charge in [0.25, 0.3) is 0 Å². The van der Waals surface area contributed by atoms with E-state index in [1.54, 1.807) is 13.1 Å². The molecule has 1 aliphatic heterocycles. The summed E-state index contributed by atoms with van der Waals surface area (Å²) in [7, 11) is 0. The number of halogens is 1. The van der Waals surface area contributed by atoms with Crippen molar-refractivity contribution in [3.05, 3.63) is 65.0 Å². The fourth-order valence-electron chi connectivity index (χ4n) is 5.14. The van der Waals surface area contributed by atoms with Crippen LogP contribution in [0.1, 0.15) is 67.6 Å². The third kappa shape index (κ3) is 4.76. The first-order valence-electron chi connectivity index (χ1n) is 12.5. The van der Waals surface area contributed by atoms with Crippen LogP contribution in [0.15, 0.2) is 36.7 Å². The lowest BCUT2D eigenvalue weighted by Crippen LogP contribution is -2.22. The van der Waals surface area contributed by atoms with Gasteiger partial charge in [0.1, 0.15) is 17.5 Å². The minimum absolute atomic E-state index is 0.0191. The highest BCUT2D eigenvalue weighted by Gasteiger charge is 2.39. The van der Waals surface area contributed by atoms with E-state index in [2.05, 4.69) is 27.1 Å². The van der Waals surface area contributed by atoms with Crippen LogP contribution in [0.4, 0.5) is 4.39 Å². The number of rotatable bonds is 8. The molecule has 188 valence electrons. The molecule has 0 spiro atoms. The summed E-state index contributed by atoms with van der Waals surface area (Å²) in [6, 6.07) is 7.67. The van der Waals surface area contributed by atoms with Crippen molar-refractivity contribution in [2.24, 2.45) is 11.8 Å². The van der Waals surface area contributed by atoms with Gasteiger partial charge in [-0.25, -0.2) is 14.4 Å². The Kier molecular flexibility index (Phi) is 6.60. The topological polar surface area (TPSA) is 94.4 Å². The highest BCUT2D eigenvalue weighted by atomic mass is 19.1. The number of ether oxygens (including phenoxy) is 2. The van der Waals surface area contributed by atoms with Gasteiger partial charge in [0, 0.05) is 11.6 Å². The molecule has 1 fully saturated rings. The second-order valence-electron chi connectivity index (χ2n) is 9.66. The summed E-state index contributed by atoms with van der Waals surface area (Å²) < 4.78 is 26.3. The Morgan fingerprint density at radius 3 is 2.72 bits per heavy atom. The van der Waals surface area contributed by atoms with E-state index in [0.29, 0.717) is 35.5 Å². The number of carboxylic acid groups (broad SMARTS) is 1. The SMILES string of the molecule is CCOc1cc(-c2cnc(C3CCc4ccc(C(C5CC5)[C@H](C)C(=O)O)cc4O3)c(C)n2)c(F)cn1. The van der Waals surface area contributed by atoms with Gasteiger partial charge < -0.3 is 14.6 Å². The van der Waals surface area contributed by atoms with Crippen LogP contribution in [-0.2, 0) is 11.2 Å². The molecule has 1 aromatic carbocycles. The third-order valence-electron chi connectivity index (χ3n) is 7.17. The predicted molar refractivity (Wildman–Crippen MR) is 132 cm³/mol. The number of benzene rings is 1. The predicted octanol–water partition coefficient (Wildman–Crippen LogP) is 5.67. The van der Waals surface area contributed by atoms with Gasteiger partial charge >= 0.3 is 5.97 Å². The molecule has 36 heavy (non-hydrogen) atoms. The van der Waals surface area contributed by atoms with E-state index in [1.807, 2.05) is 19.9 Å². The molecule has 5 rings (SSSR count). The summed E-state index contributed by atoms with van der Waals surface area (Å²) in [5.74, 6) is -0.210. The van der Waals surface area contributed by atoms with Crippen molar-refractivity contribution < 1.29 is 23.8 Å². The number of aryl methyl sites for hydroxylation is 2. The zero-order valence-electron chi connectivity index (χ0n) is 20.7. The van der Waals surface area contributed by atoms with Gasteiger partial charge in [-0.05, 0) is 68.6 Å². The lowest BCUT2D eigenvalue weighted by molar-refractivity contribution is -0.142. The molecular formula is C28H30FN3O4. The Morgan fingerprint density at radius 1 is 1.22 bits per heavy atom. The van der Waals surface area contributed by atoms with E-state index in [1.165, 1.54) is 6.07 Å². The Morgan fingerprint density at radius 2 is 2.03 bits per heavy atom. The van der Waals surface area contributed by atoms with Gasteiger partial charge in [-0.15, -0.1) is 0 Å². The Labute approximate surface area is 209 Å². The van der Waals surface area contributed by atoms with Crippen LogP contribution in [0.25, 0.3) is 11.3 Å². The van der Waals surface area contributed by atoms with Crippen LogP contribution in [0.3, 0.4) is 0 Å². The fraction of sp³-hybridized carbons (Fsp3) is 0.429. The maximum atomic E-state index is 14.5. The molecule has 0 radical (unpaired) electrons. The largest absolute Gasteiger partial charge is 0.484 e. The lowest BCUT2D eigenvalue weighted by atomic mass is 9.82. The molecule has 3 heterocycles. The maximum Gasteiger partial charge on any atom is 0.306 e. The summed E-state index contributed by atoms with van der Waals surface area (Å²) >= 11 is 0. The lowest BCUT2D eigenvalue weighted by Gasteiger charge is -2.28. The first-order valence-corrected chi connectivity index (χ1v) is 12.5. The quantitative estimate of drug-likeness (QED) is 0.434. The van der Waals surface area contributed by atoms with E-state index >= 15 is 0 Å². The van der Waals surface area contributed by atoms with E-state index in [-0.39, 0.29) is 17.6 Å². The number of hydrogen-bond acceptors (Lipinski definition) is 6. The van der Waals surface area contributed by atoms with Crippen LogP contribution < -0.4 is 9.47 Å². The summed E-state index contributed by atoms with van der Waals surface area (Å²) in [6.07, 6.45) is 6.10. The third-order valence-corrected chi connectivity index (χ3v) is 7.17. The van der Waals surface area contributed by atoms with Crippen molar-refractivity contribution in [1.82, 2.24) is 15.0 Å². The molecule has 1 saturated carbocycles. The molecule has 3 atom stereocenters. The van der Waals surface area contributed by atoms with Crippen molar-refractivity contribution in [3.63, 3.8) is 0 Å².